The maximum atomic E-state index is 13.0. The molecular formula is C17H12ClFN2O3. The summed E-state index contributed by atoms with van der Waals surface area (Å²) in [6, 6.07) is 11.0. The Morgan fingerprint density at radius 3 is 2.83 bits per heavy atom. The van der Waals surface area contributed by atoms with E-state index < -0.39 is 11.8 Å². The molecule has 0 aliphatic rings. The Labute approximate surface area is 142 Å². The van der Waals surface area contributed by atoms with E-state index in [2.05, 4.69) is 10.2 Å². The Balaban J connectivity index is 1.68. The first-order valence-electron chi connectivity index (χ1n) is 7.04. The zero-order valence-corrected chi connectivity index (χ0v) is 13.4. The second-order valence-electron chi connectivity index (χ2n) is 5.07. The van der Waals surface area contributed by atoms with Crippen molar-refractivity contribution < 1.29 is 18.3 Å². The average Bonchev–Trinajstić information content (AvgIpc) is 3.01. The lowest BCUT2D eigenvalue weighted by atomic mass is 10.1. The van der Waals surface area contributed by atoms with Crippen LogP contribution in [-0.4, -0.2) is 16.2 Å². The van der Waals surface area contributed by atoms with Crippen LogP contribution in [0.1, 0.15) is 21.8 Å². The first-order chi connectivity index (χ1) is 11.5. The Kier molecular flexibility index (Phi) is 4.57. The predicted octanol–water partition coefficient (Wildman–Crippen LogP) is 4.19. The summed E-state index contributed by atoms with van der Waals surface area (Å²) in [4.78, 5) is 12.0. The Bertz CT molecular complexity index is 895. The summed E-state index contributed by atoms with van der Waals surface area (Å²) >= 11 is 5.81. The first kappa shape index (κ1) is 16.1. The van der Waals surface area contributed by atoms with Gasteiger partial charge in [-0.2, -0.15) is 0 Å². The van der Waals surface area contributed by atoms with Gasteiger partial charge >= 0.3 is 5.97 Å². The fourth-order valence-electron chi connectivity index (χ4n) is 2.07. The third kappa shape index (κ3) is 3.60. The molecule has 2 aromatic carbocycles. The molecule has 5 nitrogen and oxygen atoms in total. The number of carbonyl (C=O) groups excluding carboxylic acids is 1. The summed E-state index contributed by atoms with van der Waals surface area (Å²) in [5, 5.41) is 7.74. The molecule has 0 saturated carbocycles. The van der Waals surface area contributed by atoms with Crippen LogP contribution in [0, 0.1) is 12.7 Å². The second-order valence-corrected chi connectivity index (χ2v) is 5.48. The van der Waals surface area contributed by atoms with Crippen molar-refractivity contribution in [1.29, 1.82) is 0 Å². The van der Waals surface area contributed by atoms with Crippen molar-refractivity contribution in [2.24, 2.45) is 0 Å². The largest absolute Gasteiger partial charge is 0.452 e. The molecule has 1 heterocycles. The van der Waals surface area contributed by atoms with E-state index in [-0.39, 0.29) is 23.1 Å². The van der Waals surface area contributed by atoms with Gasteiger partial charge in [0.15, 0.2) is 6.61 Å². The maximum Gasteiger partial charge on any atom is 0.340 e. The van der Waals surface area contributed by atoms with Crippen LogP contribution in [0.5, 0.6) is 0 Å². The molecule has 24 heavy (non-hydrogen) atoms. The lowest BCUT2D eigenvalue weighted by Gasteiger charge is -2.04. The van der Waals surface area contributed by atoms with Crippen molar-refractivity contribution in [2.45, 2.75) is 13.5 Å². The van der Waals surface area contributed by atoms with E-state index in [4.69, 9.17) is 20.8 Å². The van der Waals surface area contributed by atoms with Gasteiger partial charge in [-0.15, -0.1) is 10.2 Å². The van der Waals surface area contributed by atoms with Crippen molar-refractivity contribution >= 4 is 17.6 Å². The van der Waals surface area contributed by atoms with Crippen LogP contribution < -0.4 is 0 Å². The Hall–Kier alpha value is -2.73. The minimum Gasteiger partial charge on any atom is -0.452 e. The van der Waals surface area contributed by atoms with Crippen molar-refractivity contribution in [3.8, 4) is 11.5 Å². The van der Waals surface area contributed by atoms with Crippen LogP contribution in [0.3, 0.4) is 0 Å². The number of aromatic nitrogens is 2. The maximum absolute atomic E-state index is 13.0. The molecule has 0 aliphatic heterocycles. The van der Waals surface area contributed by atoms with Gasteiger partial charge in [-0.3, -0.25) is 0 Å². The number of esters is 1. The quantitative estimate of drug-likeness (QED) is 0.662. The van der Waals surface area contributed by atoms with Gasteiger partial charge in [0.05, 0.1) is 10.6 Å². The van der Waals surface area contributed by atoms with Crippen molar-refractivity contribution in [3.05, 3.63) is 70.3 Å². The average molecular weight is 347 g/mol. The van der Waals surface area contributed by atoms with Gasteiger partial charge in [0.1, 0.15) is 5.82 Å². The van der Waals surface area contributed by atoms with Crippen molar-refractivity contribution in [3.63, 3.8) is 0 Å². The topological polar surface area (TPSA) is 65.2 Å². The monoisotopic (exact) mass is 346 g/mol. The number of nitrogens with zero attached hydrogens (tertiary/aromatic N) is 2. The SMILES string of the molecule is Cc1cccc(-c2nnc(COC(=O)c3ccc(F)cc3Cl)o2)c1. The summed E-state index contributed by atoms with van der Waals surface area (Å²) < 4.78 is 23.5. The summed E-state index contributed by atoms with van der Waals surface area (Å²) in [7, 11) is 0. The van der Waals surface area contributed by atoms with Crippen molar-refractivity contribution in [1.82, 2.24) is 10.2 Å². The number of rotatable bonds is 4. The van der Waals surface area contributed by atoms with E-state index in [0.29, 0.717) is 5.89 Å². The van der Waals surface area contributed by atoms with E-state index in [1.165, 1.54) is 6.07 Å². The van der Waals surface area contributed by atoms with Crippen LogP contribution in [-0.2, 0) is 11.3 Å². The highest BCUT2D eigenvalue weighted by Crippen LogP contribution is 2.21. The minimum atomic E-state index is -0.699. The molecule has 0 fully saturated rings. The Morgan fingerprint density at radius 2 is 2.08 bits per heavy atom. The number of benzene rings is 2. The summed E-state index contributed by atoms with van der Waals surface area (Å²) in [5.41, 5.74) is 1.91. The molecule has 0 atom stereocenters. The highest BCUT2D eigenvalue weighted by Gasteiger charge is 2.15. The molecule has 0 bridgehead atoms. The lowest BCUT2D eigenvalue weighted by molar-refractivity contribution is 0.0439. The zero-order chi connectivity index (χ0) is 17.1. The zero-order valence-electron chi connectivity index (χ0n) is 12.6. The molecule has 7 heteroatoms. The molecule has 0 N–H and O–H groups in total. The molecule has 0 radical (unpaired) electrons. The van der Waals surface area contributed by atoms with Crippen LogP contribution in [0.2, 0.25) is 5.02 Å². The highest BCUT2D eigenvalue weighted by atomic mass is 35.5. The summed E-state index contributed by atoms with van der Waals surface area (Å²) in [5.74, 6) is -0.741. The molecule has 0 unspecified atom stereocenters. The number of ether oxygens (including phenoxy) is 1. The van der Waals surface area contributed by atoms with Crippen molar-refractivity contribution in [2.75, 3.05) is 0 Å². The molecule has 0 amide bonds. The van der Waals surface area contributed by atoms with Crippen LogP contribution >= 0.6 is 11.6 Å². The number of carbonyl (C=O) groups is 1. The number of hydrogen-bond acceptors (Lipinski definition) is 5. The van der Waals surface area contributed by atoms with Gasteiger partial charge < -0.3 is 9.15 Å². The molecule has 0 spiro atoms. The molecular weight excluding hydrogens is 335 g/mol. The summed E-state index contributed by atoms with van der Waals surface area (Å²) in [6.45, 7) is 1.75. The molecule has 0 aliphatic carbocycles. The first-order valence-corrected chi connectivity index (χ1v) is 7.42. The third-order valence-electron chi connectivity index (χ3n) is 3.21. The predicted molar refractivity (Wildman–Crippen MR) is 85.0 cm³/mol. The van der Waals surface area contributed by atoms with Gasteiger partial charge in [-0.05, 0) is 37.3 Å². The molecule has 3 rings (SSSR count). The number of halogens is 2. The van der Waals surface area contributed by atoms with E-state index >= 15 is 0 Å². The standard InChI is InChI=1S/C17H12ClFN2O3/c1-10-3-2-4-11(7-10)16-21-20-15(24-16)9-23-17(22)13-6-5-12(19)8-14(13)18/h2-8H,9H2,1H3. The van der Waals surface area contributed by atoms with Gasteiger partial charge in [-0.25, -0.2) is 9.18 Å². The lowest BCUT2D eigenvalue weighted by Crippen LogP contribution is -2.06. The van der Waals surface area contributed by atoms with Gasteiger partial charge in [0.25, 0.3) is 5.89 Å². The van der Waals surface area contributed by atoms with E-state index in [1.54, 1.807) is 0 Å². The normalized spacial score (nSPS) is 10.6. The minimum absolute atomic E-state index is 0.0222. The molecule has 1 aromatic heterocycles. The molecule has 122 valence electrons. The number of hydrogen-bond donors (Lipinski definition) is 0. The third-order valence-corrected chi connectivity index (χ3v) is 3.52. The fourth-order valence-corrected chi connectivity index (χ4v) is 2.31. The van der Waals surface area contributed by atoms with E-state index in [1.807, 2.05) is 31.2 Å². The van der Waals surface area contributed by atoms with Gasteiger partial charge in [-0.1, -0.05) is 29.3 Å². The molecule has 3 aromatic rings. The van der Waals surface area contributed by atoms with Crippen LogP contribution in [0.25, 0.3) is 11.5 Å². The van der Waals surface area contributed by atoms with Gasteiger partial charge in [0, 0.05) is 5.56 Å². The van der Waals surface area contributed by atoms with Gasteiger partial charge in [0.2, 0.25) is 5.89 Å². The highest BCUT2D eigenvalue weighted by molar-refractivity contribution is 6.33. The van der Waals surface area contributed by atoms with E-state index in [0.717, 1.165) is 23.3 Å². The fraction of sp³-hybridized carbons (Fsp3) is 0.118. The molecule has 0 saturated heterocycles. The van der Waals surface area contributed by atoms with E-state index in [9.17, 15) is 9.18 Å². The second kappa shape index (κ2) is 6.80. The number of aryl methyl sites for hydroxylation is 1. The smallest absolute Gasteiger partial charge is 0.340 e. The van der Waals surface area contributed by atoms with Crippen LogP contribution in [0.4, 0.5) is 4.39 Å². The Morgan fingerprint density at radius 1 is 1.25 bits per heavy atom. The summed E-state index contributed by atoms with van der Waals surface area (Å²) in [6.07, 6.45) is 0. The van der Waals surface area contributed by atoms with Crippen LogP contribution in [0.15, 0.2) is 46.9 Å².